The van der Waals surface area contributed by atoms with Crippen LogP contribution < -0.4 is 20.2 Å². The van der Waals surface area contributed by atoms with Crippen LogP contribution in [0.1, 0.15) is 63.2 Å². The zero-order chi connectivity index (χ0) is 39.0. The number of carbonyl (C=O) groups is 3. The van der Waals surface area contributed by atoms with Crippen LogP contribution in [0.15, 0.2) is 71.7 Å². The summed E-state index contributed by atoms with van der Waals surface area (Å²) in [6.45, 7) is 6.20. The average Bonchev–Trinajstić information content (AvgIpc) is 3.85. The lowest BCUT2D eigenvalue weighted by molar-refractivity contribution is 0.0518. The Morgan fingerprint density at radius 1 is 1.04 bits per heavy atom. The van der Waals surface area contributed by atoms with E-state index in [-0.39, 0.29) is 35.3 Å². The van der Waals surface area contributed by atoms with Crippen molar-refractivity contribution in [1.82, 2.24) is 19.3 Å². The van der Waals surface area contributed by atoms with E-state index in [4.69, 9.17) is 19.9 Å². The van der Waals surface area contributed by atoms with Crippen LogP contribution in [-0.2, 0) is 36.1 Å². The molecule has 6 aromatic rings. The topological polar surface area (TPSA) is 180 Å². The molecule has 0 aliphatic carbocycles. The van der Waals surface area contributed by atoms with E-state index in [1.807, 2.05) is 59.0 Å². The number of nitrogen functional groups attached to an aromatic ring is 1. The van der Waals surface area contributed by atoms with E-state index in [1.165, 1.54) is 29.8 Å². The number of nitrogens with two attached hydrogens (primary N) is 1. The predicted molar refractivity (Wildman–Crippen MR) is 208 cm³/mol. The molecular weight excluding hydrogens is 741 g/mol. The molecule has 14 nitrogen and oxygen atoms in total. The number of methoxy groups -OCH3 is 1. The first kappa shape index (κ1) is 37.0. The van der Waals surface area contributed by atoms with Gasteiger partial charge in [0.1, 0.15) is 35.3 Å². The monoisotopic (exact) mass is 776 g/mol. The van der Waals surface area contributed by atoms with Crippen molar-refractivity contribution in [2.75, 3.05) is 24.3 Å². The predicted octanol–water partition coefficient (Wildman–Crippen LogP) is 6.47. The molecule has 0 radical (unpaired) electrons. The number of nitrogens with zero attached hydrogens (tertiary/aromatic N) is 7. The molecule has 1 aliphatic rings. The Bertz CT molecular complexity index is 2590. The Labute approximate surface area is 323 Å². The van der Waals surface area contributed by atoms with Crippen LogP contribution in [0.2, 0.25) is 0 Å². The highest BCUT2D eigenvalue weighted by Crippen LogP contribution is 2.34. The molecule has 0 atom stereocenters. The molecule has 1 amide bonds. The molecule has 16 heteroatoms. The number of ether oxygens (including phenoxy) is 3. The summed E-state index contributed by atoms with van der Waals surface area (Å²) in [7, 11) is 3.20. The third-order valence-electron chi connectivity index (χ3n) is 8.85. The first-order chi connectivity index (χ1) is 26.3. The highest BCUT2D eigenvalue weighted by molar-refractivity contribution is 7.16. The minimum atomic E-state index is -0.798. The Morgan fingerprint density at radius 3 is 2.51 bits per heavy atom. The van der Waals surface area contributed by atoms with Crippen molar-refractivity contribution in [2.24, 2.45) is 12.0 Å². The fourth-order valence-corrected chi connectivity index (χ4v) is 8.16. The third-order valence-corrected chi connectivity index (χ3v) is 11.1. The molecule has 7 rings (SSSR count). The Hall–Kier alpha value is -6.31. The summed E-state index contributed by atoms with van der Waals surface area (Å²) >= 11 is 2.78. The Morgan fingerprint density at radius 2 is 1.80 bits per heavy atom. The molecule has 3 aromatic heterocycles. The lowest BCUT2D eigenvalue weighted by Crippen LogP contribution is -2.31. The van der Waals surface area contributed by atoms with E-state index in [0.717, 1.165) is 26.0 Å². The van der Waals surface area contributed by atoms with Crippen molar-refractivity contribution < 1.29 is 28.6 Å². The lowest BCUT2D eigenvalue weighted by atomic mass is 9.95. The molecule has 0 spiro atoms. The van der Waals surface area contributed by atoms with E-state index in [2.05, 4.69) is 15.1 Å². The summed E-state index contributed by atoms with van der Waals surface area (Å²) in [5, 5.41) is 14.7. The molecule has 0 saturated carbocycles. The molecular formula is C39H36N8O6S2. The van der Waals surface area contributed by atoms with Crippen LogP contribution >= 0.6 is 22.7 Å². The maximum atomic E-state index is 13.7. The molecule has 0 bridgehead atoms. The van der Waals surface area contributed by atoms with Gasteiger partial charge in [-0.05, 0) is 80.8 Å². The zero-order valence-corrected chi connectivity index (χ0v) is 32.3. The van der Waals surface area contributed by atoms with Crippen LogP contribution in [0.4, 0.5) is 15.7 Å². The molecule has 0 fully saturated rings. The van der Waals surface area contributed by atoms with Crippen LogP contribution in [0.5, 0.6) is 5.75 Å². The third kappa shape index (κ3) is 7.44. The van der Waals surface area contributed by atoms with Crippen molar-refractivity contribution in [1.29, 1.82) is 5.26 Å². The minimum Gasteiger partial charge on any atom is -0.488 e. The quantitative estimate of drug-likeness (QED) is 0.176. The summed E-state index contributed by atoms with van der Waals surface area (Å²) < 4.78 is 20.4. The van der Waals surface area contributed by atoms with Gasteiger partial charge in [-0.15, -0.1) is 4.68 Å². The smallest absolute Gasteiger partial charge is 0.437 e. The van der Waals surface area contributed by atoms with Gasteiger partial charge in [0.25, 0.3) is 5.91 Å². The van der Waals surface area contributed by atoms with Crippen molar-refractivity contribution in [3.63, 3.8) is 0 Å². The number of nitriles is 1. The average molecular weight is 777 g/mol. The van der Waals surface area contributed by atoms with Gasteiger partial charge in [0.05, 0.1) is 22.2 Å². The second kappa shape index (κ2) is 14.8. The van der Waals surface area contributed by atoms with Gasteiger partial charge in [-0.3, -0.25) is 4.79 Å². The maximum Gasteiger partial charge on any atom is 0.437 e. The molecule has 1 aliphatic heterocycles. The largest absolute Gasteiger partial charge is 0.488 e. The number of esters is 1. The first-order valence-electron chi connectivity index (χ1n) is 17.2. The normalized spacial score (nSPS) is 13.0. The molecule has 280 valence electrons. The summed E-state index contributed by atoms with van der Waals surface area (Å²) in [6, 6.07) is 22.4. The Kier molecular flexibility index (Phi) is 9.99. The summed E-state index contributed by atoms with van der Waals surface area (Å²) in [5.41, 5.74) is 9.71. The number of aryl methyl sites for hydroxylation is 1. The van der Waals surface area contributed by atoms with Gasteiger partial charge in [-0.1, -0.05) is 46.9 Å². The first-order valence-corrected chi connectivity index (χ1v) is 18.8. The summed E-state index contributed by atoms with van der Waals surface area (Å²) in [5.74, 6) is -0.570. The van der Waals surface area contributed by atoms with Crippen molar-refractivity contribution in [2.45, 2.75) is 45.9 Å². The summed E-state index contributed by atoms with van der Waals surface area (Å²) in [4.78, 5) is 51.6. The Balaban J connectivity index is 1.10. The fraction of sp³-hybridized carbons (Fsp3) is 0.256. The minimum absolute atomic E-state index is 0.0182. The van der Waals surface area contributed by atoms with Gasteiger partial charge in [0.15, 0.2) is 21.4 Å². The second-order valence-corrected chi connectivity index (χ2v) is 15.7. The number of rotatable bonds is 7. The van der Waals surface area contributed by atoms with E-state index in [1.54, 1.807) is 51.1 Å². The molecule has 0 saturated heterocycles. The van der Waals surface area contributed by atoms with Crippen LogP contribution in [0.25, 0.3) is 21.5 Å². The second-order valence-electron chi connectivity index (χ2n) is 13.6. The van der Waals surface area contributed by atoms with Crippen LogP contribution in [0.3, 0.4) is 0 Å². The molecule has 2 N–H and O–H groups in total. The van der Waals surface area contributed by atoms with Crippen molar-refractivity contribution in [3.05, 3.63) is 104 Å². The van der Waals surface area contributed by atoms with Crippen molar-refractivity contribution in [3.8, 4) is 23.1 Å². The molecule has 4 heterocycles. The lowest BCUT2D eigenvalue weighted by Gasteiger charge is -2.29. The van der Waals surface area contributed by atoms with Gasteiger partial charge in [-0.25, -0.2) is 14.6 Å². The van der Waals surface area contributed by atoms with E-state index < -0.39 is 17.7 Å². The standard InChI is InChI=1S/C39H36N8O6S2/c1-39(2,3)53-38(50)47-33(41)26(19-40)31(44-47)23-13-15-24(16-14-23)52-21-30-32(35(49)51-5)42-37(55-30)46-18-17-22-9-8-10-25(27(22)20-46)34(48)43-36-45(4)28-11-6-7-12-29(28)54-36/h6-16H,17-18,20-21,41H2,1-5H3. The van der Waals surface area contributed by atoms with Gasteiger partial charge >= 0.3 is 12.1 Å². The number of benzene rings is 3. The SMILES string of the molecule is COC(=O)c1nc(N2CCc3cccc(C(=O)N=c4sc5ccccc5n4C)c3C2)sc1COc1ccc(-c2nn(C(=O)OC(C)(C)C)c(N)c2C#N)cc1. The number of hydrogen-bond acceptors (Lipinski definition) is 13. The van der Waals surface area contributed by atoms with E-state index >= 15 is 0 Å². The van der Waals surface area contributed by atoms with Crippen LogP contribution in [0, 0.1) is 11.3 Å². The van der Waals surface area contributed by atoms with Crippen LogP contribution in [-0.4, -0.2) is 56.6 Å². The van der Waals surface area contributed by atoms with Gasteiger partial charge in [0.2, 0.25) is 0 Å². The fourth-order valence-electron chi connectivity index (χ4n) is 6.15. The number of thiazole rings is 2. The van der Waals surface area contributed by atoms with Gasteiger partial charge in [-0.2, -0.15) is 15.4 Å². The van der Waals surface area contributed by atoms with E-state index in [9.17, 15) is 19.6 Å². The number of hydrogen-bond donors (Lipinski definition) is 1. The molecule has 55 heavy (non-hydrogen) atoms. The highest BCUT2D eigenvalue weighted by Gasteiger charge is 2.28. The number of fused-ring (bicyclic) bond motifs is 2. The number of para-hydroxylation sites is 1. The maximum absolute atomic E-state index is 13.7. The highest BCUT2D eigenvalue weighted by atomic mass is 32.1. The summed E-state index contributed by atoms with van der Waals surface area (Å²) in [6.07, 6.45) is -0.123. The zero-order valence-electron chi connectivity index (χ0n) is 30.7. The van der Waals surface area contributed by atoms with Gasteiger partial charge in [0, 0.05) is 31.3 Å². The number of carbonyl (C=O) groups excluding carboxylic acids is 3. The van der Waals surface area contributed by atoms with Crippen molar-refractivity contribution >= 4 is 61.8 Å². The molecule has 0 unspecified atom stereocenters. The number of amides is 1. The van der Waals surface area contributed by atoms with Gasteiger partial charge < -0.3 is 29.4 Å². The number of anilines is 2. The van der Waals surface area contributed by atoms with E-state index in [0.29, 0.717) is 51.2 Å². The molecule has 3 aromatic carbocycles. The number of aromatic nitrogens is 4.